The monoisotopic (exact) mass is 172 g/mol. The highest BCUT2D eigenvalue weighted by Crippen LogP contribution is 2.06. The van der Waals surface area contributed by atoms with Crippen LogP contribution in [0.25, 0.3) is 0 Å². The highest BCUT2D eigenvalue weighted by molar-refractivity contribution is 4.78. The molecule has 1 unspecified atom stereocenters. The minimum atomic E-state index is 0.320. The molecule has 1 aliphatic heterocycles. The Kier molecular flexibility index (Phi) is 4.58. The Labute approximate surface area is 74.8 Å². The molecule has 1 saturated heterocycles. The molecule has 2 N–H and O–H groups in total. The van der Waals surface area contributed by atoms with Gasteiger partial charge in [-0.1, -0.05) is 6.92 Å². The van der Waals surface area contributed by atoms with Gasteiger partial charge in [0.2, 0.25) is 0 Å². The van der Waals surface area contributed by atoms with Crippen molar-refractivity contribution in [1.29, 1.82) is 0 Å². The lowest BCUT2D eigenvalue weighted by molar-refractivity contribution is 0.142. The molecule has 1 rings (SSSR count). The van der Waals surface area contributed by atoms with Crippen LogP contribution >= 0.6 is 0 Å². The van der Waals surface area contributed by atoms with E-state index in [2.05, 4.69) is 17.1 Å². The van der Waals surface area contributed by atoms with Crippen LogP contribution in [-0.2, 0) is 0 Å². The van der Waals surface area contributed by atoms with Gasteiger partial charge in [-0.25, -0.2) is 0 Å². The largest absolute Gasteiger partial charge is 0.396 e. The molecule has 1 aliphatic rings. The Hall–Kier alpha value is -0.120. The van der Waals surface area contributed by atoms with Crippen LogP contribution in [0.15, 0.2) is 0 Å². The fraction of sp³-hybridized carbons (Fsp3) is 1.00. The van der Waals surface area contributed by atoms with E-state index in [1.807, 2.05) is 0 Å². The van der Waals surface area contributed by atoms with E-state index in [1.165, 1.54) is 6.42 Å². The molecule has 3 heteroatoms. The van der Waals surface area contributed by atoms with Crippen LogP contribution in [0.1, 0.15) is 19.8 Å². The Morgan fingerprint density at radius 1 is 1.58 bits per heavy atom. The summed E-state index contributed by atoms with van der Waals surface area (Å²) in [6.45, 7) is 6.95. The third-order valence-corrected chi connectivity index (χ3v) is 2.55. The number of nitrogens with zero attached hydrogens (tertiary/aromatic N) is 1. The number of aliphatic hydroxyl groups excluding tert-OH is 1. The maximum atomic E-state index is 8.71. The molecule has 0 saturated carbocycles. The standard InChI is InChI=1S/C9H20N2O/c1-2-9-8-10-4-6-11(9)5-3-7-12/h9-10,12H,2-8H2,1H3. The SMILES string of the molecule is CCC1CNCCN1CCCO. The Morgan fingerprint density at radius 2 is 2.42 bits per heavy atom. The summed E-state index contributed by atoms with van der Waals surface area (Å²) in [5.74, 6) is 0. The molecule has 0 aliphatic carbocycles. The topological polar surface area (TPSA) is 35.5 Å². The summed E-state index contributed by atoms with van der Waals surface area (Å²) in [6, 6.07) is 0.685. The lowest BCUT2D eigenvalue weighted by atomic mass is 10.1. The van der Waals surface area contributed by atoms with E-state index in [0.717, 1.165) is 32.6 Å². The Balaban J connectivity index is 2.26. The van der Waals surface area contributed by atoms with Gasteiger partial charge in [0, 0.05) is 38.8 Å². The first-order valence-electron chi connectivity index (χ1n) is 4.94. The van der Waals surface area contributed by atoms with E-state index in [9.17, 15) is 0 Å². The van der Waals surface area contributed by atoms with Gasteiger partial charge >= 0.3 is 0 Å². The van der Waals surface area contributed by atoms with Crippen LogP contribution in [0.4, 0.5) is 0 Å². The second-order valence-electron chi connectivity index (χ2n) is 3.38. The second-order valence-corrected chi connectivity index (χ2v) is 3.38. The van der Waals surface area contributed by atoms with Crippen molar-refractivity contribution in [3.63, 3.8) is 0 Å². The van der Waals surface area contributed by atoms with E-state index < -0.39 is 0 Å². The summed E-state index contributed by atoms with van der Waals surface area (Å²) >= 11 is 0. The van der Waals surface area contributed by atoms with Gasteiger partial charge in [0.15, 0.2) is 0 Å². The molecule has 1 atom stereocenters. The predicted molar refractivity (Wildman–Crippen MR) is 50.2 cm³/mol. The molecule has 0 aromatic rings. The van der Waals surface area contributed by atoms with Gasteiger partial charge in [0.05, 0.1) is 0 Å². The zero-order chi connectivity index (χ0) is 8.81. The van der Waals surface area contributed by atoms with Crippen molar-refractivity contribution < 1.29 is 5.11 Å². The zero-order valence-electron chi connectivity index (χ0n) is 7.92. The zero-order valence-corrected chi connectivity index (χ0v) is 7.92. The van der Waals surface area contributed by atoms with Crippen LogP contribution in [-0.4, -0.2) is 48.8 Å². The maximum Gasteiger partial charge on any atom is 0.0443 e. The van der Waals surface area contributed by atoms with Gasteiger partial charge in [0.25, 0.3) is 0 Å². The molecule has 1 fully saturated rings. The first-order chi connectivity index (χ1) is 5.88. The molecule has 0 bridgehead atoms. The molecular weight excluding hydrogens is 152 g/mol. The van der Waals surface area contributed by atoms with Crippen LogP contribution in [0, 0.1) is 0 Å². The quantitative estimate of drug-likeness (QED) is 0.629. The number of rotatable bonds is 4. The molecule has 72 valence electrons. The molecule has 0 aromatic heterocycles. The Morgan fingerprint density at radius 3 is 3.08 bits per heavy atom. The predicted octanol–water partition coefficient (Wildman–Crippen LogP) is 0.0526. The normalized spacial score (nSPS) is 26.0. The fourth-order valence-electron chi connectivity index (χ4n) is 1.77. The summed E-state index contributed by atoms with van der Waals surface area (Å²) in [4.78, 5) is 2.48. The van der Waals surface area contributed by atoms with E-state index in [4.69, 9.17) is 5.11 Å². The average molecular weight is 172 g/mol. The molecule has 3 nitrogen and oxygen atoms in total. The van der Waals surface area contributed by atoms with Crippen LogP contribution < -0.4 is 5.32 Å². The highest BCUT2D eigenvalue weighted by atomic mass is 16.3. The van der Waals surface area contributed by atoms with Gasteiger partial charge in [0.1, 0.15) is 0 Å². The lowest BCUT2D eigenvalue weighted by Crippen LogP contribution is -2.51. The van der Waals surface area contributed by atoms with Gasteiger partial charge < -0.3 is 10.4 Å². The van der Waals surface area contributed by atoms with Crippen molar-refractivity contribution in [2.45, 2.75) is 25.8 Å². The van der Waals surface area contributed by atoms with E-state index >= 15 is 0 Å². The summed E-state index contributed by atoms with van der Waals surface area (Å²) < 4.78 is 0. The fourth-order valence-corrected chi connectivity index (χ4v) is 1.77. The minimum absolute atomic E-state index is 0.320. The smallest absolute Gasteiger partial charge is 0.0443 e. The third kappa shape index (κ3) is 2.73. The third-order valence-electron chi connectivity index (χ3n) is 2.55. The van der Waals surface area contributed by atoms with Crippen LogP contribution in [0.3, 0.4) is 0 Å². The van der Waals surface area contributed by atoms with Gasteiger partial charge in [-0.3, -0.25) is 4.90 Å². The van der Waals surface area contributed by atoms with Crippen molar-refractivity contribution >= 4 is 0 Å². The molecule has 12 heavy (non-hydrogen) atoms. The van der Waals surface area contributed by atoms with E-state index in [1.54, 1.807) is 0 Å². The minimum Gasteiger partial charge on any atom is -0.396 e. The van der Waals surface area contributed by atoms with Crippen LogP contribution in [0.5, 0.6) is 0 Å². The molecular formula is C9H20N2O. The molecule has 0 spiro atoms. The molecule has 1 heterocycles. The van der Waals surface area contributed by atoms with Crippen molar-refractivity contribution in [2.75, 3.05) is 32.8 Å². The summed E-state index contributed by atoms with van der Waals surface area (Å²) in [5, 5.41) is 12.1. The number of hydrogen-bond donors (Lipinski definition) is 2. The lowest BCUT2D eigenvalue weighted by Gasteiger charge is -2.35. The molecule has 0 amide bonds. The number of piperazine rings is 1. The van der Waals surface area contributed by atoms with Crippen LogP contribution in [0.2, 0.25) is 0 Å². The maximum absolute atomic E-state index is 8.71. The first kappa shape index (κ1) is 9.96. The number of hydrogen-bond acceptors (Lipinski definition) is 3. The number of nitrogens with one attached hydrogen (secondary N) is 1. The van der Waals surface area contributed by atoms with Gasteiger partial charge in [-0.05, 0) is 12.8 Å². The van der Waals surface area contributed by atoms with E-state index in [-0.39, 0.29) is 0 Å². The van der Waals surface area contributed by atoms with Crippen molar-refractivity contribution in [3.05, 3.63) is 0 Å². The van der Waals surface area contributed by atoms with Gasteiger partial charge in [-0.2, -0.15) is 0 Å². The highest BCUT2D eigenvalue weighted by Gasteiger charge is 2.18. The number of aliphatic hydroxyl groups is 1. The van der Waals surface area contributed by atoms with Gasteiger partial charge in [-0.15, -0.1) is 0 Å². The van der Waals surface area contributed by atoms with Crippen molar-refractivity contribution in [2.24, 2.45) is 0 Å². The summed E-state index contributed by atoms with van der Waals surface area (Å²) in [5.41, 5.74) is 0. The summed E-state index contributed by atoms with van der Waals surface area (Å²) in [7, 11) is 0. The summed E-state index contributed by atoms with van der Waals surface area (Å²) in [6.07, 6.45) is 2.12. The van der Waals surface area contributed by atoms with Crippen molar-refractivity contribution in [3.8, 4) is 0 Å². The molecule has 0 radical (unpaired) electrons. The van der Waals surface area contributed by atoms with Crippen molar-refractivity contribution in [1.82, 2.24) is 10.2 Å². The Bertz CT molecular complexity index is 119. The molecule has 0 aromatic carbocycles. The average Bonchev–Trinajstić information content (AvgIpc) is 2.15. The van der Waals surface area contributed by atoms with E-state index in [0.29, 0.717) is 12.6 Å². The first-order valence-corrected chi connectivity index (χ1v) is 4.94. The second kappa shape index (κ2) is 5.51.